The zero-order valence-electron chi connectivity index (χ0n) is 12.7. The van der Waals surface area contributed by atoms with Crippen LogP contribution >= 0.6 is 0 Å². The Bertz CT molecular complexity index is 652. The summed E-state index contributed by atoms with van der Waals surface area (Å²) >= 11 is 0. The third-order valence-electron chi connectivity index (χ3n) is 5.03. The van der Waals surface area contributed by atoms with Crippen LogP contribution in [0.1, 0.15) is 41.2 Å². The van der Waals surface area contributed by atoms with E-state index >= 15 is 0 Å². The number of hydrogen-bond acceptors (Lipinski definition) is 4. The van der Waals surface area contributed by atoms with Crippen LogP contribution in [0.5, 0.6) is 5.75 Å². The zero-order valence-corrected chi connectivity index (χ0v) is 12.7. The molecule has 0 radical (unpaired) electrons. The molecular formula is C17H19NO5. The summed E-state index contributed by atoms with van der Waals surface area (Å²) < 4.78 is 11.2. The lowest BCUT2D eigenvalue weighted by Gasteiger charge is -2.31. The average Bonchev–Trinajstić information content (AvgIpc) is 2.92. The smallest absolute Gasteiger partial charge is 0.335 e. The minimum Gasteiger partial charge on any atom is -0.488 e. The molecule has 122 valence electrons. The highest BCUT2D eigenvalue weighted by Crippen LogP contribution is 2.44. The first-order valence-corrected chi connectivity index (χ1v) is 8.05. The zero-order chi connectivity index (χ0) is 16.0. The summed E-state index contributed by atoms with van der Waals surface area (Å²) in [5, 5.41) is 9.11. The Morgan fingerprint density at radius 1 is 1.22 bits per heavy atom. The predicted octanol–water partition coefficient (Wildman–Crippen LogP) is 1.85. The average molecular weight is 317 g/mol. The van der Waals surface area contributed by atoms with E-state index in [0.29, 0.717) is 25.5 Å². The van der Waals surface area contributed by atoms with Crippen LogP contribution in [-0.2, 0) is 9.53 Å². The lowest BCUT2D eigenvalue weighted by Crippen LogP contribution is -2.38. The molecule has 2 fully saturated rings. The van der Waals surface area contributed by atoms with Crippen LogP contribution < -0.4 is 4.74 Å². The van der Waals surface area contributed by atoms with Gasteiger partial charge in [0.15, 0.2) is 0 Å². The van der Waals surface area contributed by atoms with Crippen LogP contribution in [0, 0.1) is 5.92 Å². The Kier molecular flexibility index (Phi) is 3.49. The van der Waals surface area contributed by atoms with Gasteiger partial charge in [0.05, 0.1) is 18.2 Å². The van der Waals surface area contributed by atoms with Gasteiger partial charge in [0.25, 0.3) is 0 Å². The first-order valence-electron chi connectivity index (χ1n) is 8.05. The number of carboxylic acid groups (broad SMARTS) is 1. The molecule has 6 nitrogen and oxygen atoms in total. The fourth-order valence-corrected chi connectivity index (χ4v) is 3.82. The van der Waals surface area contributed by atoms with Crippen LogP contribution in [0.25, 0.3) is 0 Å². The molecule has 2 bridgehead atoms. The topological polar surface area (TPSA) is 76.1 Å². The number of carbonyl (C=O) groups excluding carboxylic acids is 1. The number of carboxylic acids is 1. The molecule has 1 aromatic rings. The van der Waals surface area contributed by atoms with Gasteiger partial charge in [-0.3, -0.25) is 4.79 Å². The van der Waals surface area contributed by atoms with Crippen LogP contribution in [0.3, 0.4) is 0 Å². The second-order valence-corrected chi connectivity index (χ2v) is 6.43. The number of benzene rings is 1. The van der Waals surface area contributed by atoms with Crippen molar-refractivity contribution >= 4 is 11.9 Å². The van der Waals surface area contributed by atoms with Gasteiger partial charge in [-0.05, 0) is 25.0 Å². The van der Waals surface area contributed by atoms with Gasteiger partial charge in [0.1, 0.15) is 11.9 Å². The van der Waals surface area contributed by atoms with E-state index in [1.54, 1.807) is 18.2 Å². The number of carbonyl (C=O) groups is 2. The molecule has 0 aromatic heterocycles. The van der Waals surface area contributed by atoms with Crippen LogP contribution in [0.4, 0.5) is 0 Å². The lowest BCUT2D eigenvalue weighted by molar-refractivity contribution is -0.139. The van der Waals surface area contributed by atoms with Crippen molar-refractivity contribution in [2.75, 3.05) is 19.8 Å². The van der Waals surface area contributed by atoms with Crippen molar-refractivity contribution < 1.29 is 24.2 Å². The van der Waals surface area contributed by atoms with E-state index in [9.17, 15) is 9.59 Å². The van der Waals surface area contributed by atoms with Crippen LogP contribution in [0.2, 0.25) is 0 Å². The van der Waals surface area contributed by atoms with Crippen LogP contribution in [0.15, 0.2) is 18.2 Å². The van der Waals surface area contributed by atoms with Crippen molar-refractivity contribution in [2.45, 2.75) is 31.4 Å². The van der Waals surface area contributed by atoms with Crippen molar-refractivity contribution in [2.24, 2.45) is 5.92 Å². The molecule has 0 aliphatic carbocycles. The molecule has 1 N–H and O–H groups in total. The van der Waals surface area contributed by atoms with E-state index in [1.165, 1.54) is 0 Å². The summed E-state index contributed by atoms with van der Waals surface area (Å²) in [6, 6.07) is 4.94. The normalized spacial score (nSPS) is 26.5. The van der Waals surface area contributed by atoms with Crippen molar-refractivity contribution in [1.82, 2.24) is 4.90 Å². The third kappa shape index (κ3) is 2.47. The van der Waals surface area contributed by atoms with Gasteiger partial charge in [0, 0.05) is 31.1 Å². The van der Waals surface area contributed by atoms with E-state index in [4.69, 9.17) is 14.6 Å². The summed E-state index contributed by atoms with van der Waals surface area (Å²) in [5.74, 6) is -0.151. The molecule has 1 aromatic carbocycles. The van der Waals surface area contributed by atoms with Gasteiger partial charge in [-0.25, -0.2) is 4.79 Å². The summed E-state index contributed by atoms with van der Waals surface area (Å²) in [6.07, 6.45) is 2.30. The molecule has 0 saturated carbocycles. The van der Waals surface area contributed by atoms with E-state index < -0.39 is 5.97 Å². The Morgan fingerprint density at radius 2 is 2.00 bits per heavy atom. The first-order chi connectivity index (χ1) is 11.1. The number of ether oxygens (including phenoxy) is 2. The number of fused-ring (bicyclic) bond motifs is 4. The molecule has 2 atom stereocenters. The van der Waals surface area contributed by atoms with E-state index in [1.807, 2.05) is 4.90 Å². The van der Waals surface area contributed by atoms with E-state index in [-0.39, 0.29) is 29.5 Å². The van der Waals surface area contributed by atoms with Gasteiger partial charge >= 0.3 is 5.97 Å². The van der Waals surface area contributed by atoms with Gasteiger partial charge in [-0.15, -0.1) is 0 Å². The number of amides is 1. The lowest BCUT2D eigenvalue weighted by atomic mass is 9.95. The Hall–Kier alpha value is -2.08. The molecule has 23 heavy (non-hydrogen) atoms. The largest absolute Gasteiger partial charge is 0.488 e. The van der Waals surface area contributed by atoms with Gasteiger partial charge in [0.2, 0.25) is 5.91 Å². The molecular weight excluding hydrogens is 298 g/mol. The number of nitrogens with zero attached hydrogens (tertiary/aromatic N) is 1. The molecule has 0 unspecified atom stereocenters. The summed E-state index contributed by atoms with van der Waals surface area (Å²) in [6.45, 7) is 1.87. The Labute approximate surface area is 134 Å². The number of rotatable bonds is 2. The highest BCUT2D eigenvalue weighted by molar-refractivity contribution is 5.88. The number of aromatic carboxylic acids is 1. The fraction of sp³-hybridized carbons (Fsp3) is 0.529. The monoisotopic (exact) mass is 317 g/mol. The maximum absolute atomic E-state index is 12.8. The maximum Gasteiger partial charge on any atom is 0.335 e. The highest BCUT2D eigenvalue weighted by atomic mass is 16.5. The first kappa shape index (κ1) is 14.5. The molecule has 0 spiro atoms. The van der Waals surface area contributed by atoms with E-state index in [2.05, 4.69) is 0 Å². The minimum atomic E-state index is -0.968. The highest BCUT2D eigenvalue weighted by Gasteiger charge is 2.44. The standard InChI is InChI=1S/C17H19NO5/c19-16(10-3-5-22-6-4-10)18-9-12-8-14(18)13-2-1-11(17(20)21)7-15(13)23-12/h1-2,7,10,12,14H,3-6,8-9H2,(H,20,21)/t12-,14-/m1/s1. The Morgan fingerprint density at radius 3 is 2.74 bits per heavy atom. The van der Waals surface area contributed by atoms with Crippen molar-refractivity contribution in [3.63, 3.8) is 0 Å². The van der Waals surface area contributed by atoms with Crippen molar-refractivity contribution in [3.8, 4) is 5.75 Å². The molecule has 1 amide bonds. The predicted molar refractivity (Wildman–Crippen MR) is 80.4 cm³/mol. The summed E-state index contributed by atoms with van der Waals surface area (Å²) in [4.78, 5) is 25.9. The molecule has 3 aliphatic rings. The Balaban J connectivity index is 1.61. The van der Waals surface area contributed by atoms with Crippen LogP contribution in [-0.4, -0.2) is 47.7 Å². The third-order valence-corrected chi connectivity index (χ3v) is 5.03. The summed E-state index contributed by atoms with van der Waals surface area (Å²) in [5.41, 5.74) is 1.14. The number of hydrogen-bond donors (Lipinski definition) is 1. The second kappa shape index (κ2) is 5.53. The van der Waals surface area contributed by atoms with Gasteiger partial charge in [-0.2, -0.15) is 0 Å². The second-order valence-electron chi connectivity index (χ2n) is 6.43. The molecule has 2 saturated heterocycles. The number of likely N-dealkylation sites (tertiary alicyclic amines) is 1. The maximum atomic E-state index is 12.8. The van der Waals surface area contributed by atoms with Gasteiger partial charge < -0.3 is 19.5 Å². The quantitative estimate of drug-likeness (QED) is 0.901. The fourth-order valence-electron chi connectivity index (χ4n) is 3.82. The molecule has 3 heterocycles. The van der Waals surface area contributed by atoms with Gasteiger partial charge in [-0.1, -0.05) is 6.07 Å². The molecule has 4 rings (SSSR count). The summed E-state index contributed by atoms with van der Waals surface area (Å²) in [7, 11) is 0. The SMILES string of the molecule is O=C(O)c1ccc2c(c1)O[C@@H]1C[C@H]2N(C(=O)C2CCOCC2)C1. The van der Waals surface area contributed by atoms with Crippen molar-refractivity contribution in [1.29, 1.82) is 0 Å². The van der Waals surface area contributed by atoms with E-state index in [0.717, 1.165) is 24.8 Å². The molecule has 6 heteroatoms. The van der Waals surface area contributed by atoms with Crippen molar-refractivity contribution in [3.05, 3.63) is 29.3 Å². The minimum absolute atomic E-state index is 0.00180. The molecule has 3 aliphatic heterocycles.